The molecular formula is C15H24N2O2. The highest BCUT2D eigenvalue weighted by Gasteiger charge is 2.18. The van der Waals surface area contributed by atoms with E-state index in [-0.39, 0.29) is 11.8 Å². The molecule has 3 N–H and O–H groups in total. The molecule has 0 aliphatic carbocycles. The second-order valence-corrected chi connectivity index (χ2v) is 4.99. The minimum Gasteiger partial charge on any atom is -0.497 e. The van der Waals surface area contributed by atoms with Gasteiger partial charge in [-0.3, -0.25) is 4.79 Å². The molecule has 0 radical (unpaired) electrons. The van der Waals surface area contributed by atoms with Crippen LogP contribution in [0, 0.1) is 12.8 Å². The number of nitrogens with one attached hydrogen (secondary N) is 1. The molecule has 106 valence electrons. The molecule has 0 heterocycles. The zero-order valence-electron chi connectivity index (χ0n) is 12.2. The van der Waals surface area contributed by atoms with E-state index in [2.05, 4.69) is 5.32 Å². The Kier molecular flexibility index (Phi) is 5.83. The van der Waals surface area contributed by atoms with Gasteiger partial charge in [0.25, 0.3) is 0 Å². The van der Waals surface area contributed by atoms with Crippen LogP contribution in [-0.2, 0) is 11.3 Å². The standard InChI is InChI=1S/C15H24N2O2/c1-5-11(3)14(16)15(18)17-9-12-6-10(2)7-13(8-12)19-4/h6-8,11,14H,5,9,16H2,1-4H3,(H,17,18). The van der Waals surface area contributed by atoms with Crippen molar-refractivity contribution in [2.75, 3.05) is 7.11 Å². The molecule has 0 saturated heterocycles. The summed E-state index contributed by atoms with van der Waals surface area (Å²) in [6, 6.07) is 5.45. The van der Waals surface area contributed by atoms with Gasteiger partial charge in [-0.05, 0) is 36.1 Å². The summed E-state index contributed by atoms with van der Waals surface area (Å²) in [5, 5.41) is 2.87. The van der Waals surface area contributed by atoms with E-state index in [0.717, 1.165) is 23.3 Å². The highest BCUT2D eigenvalue weighted by molar-refractivity contribution is 5.81. The molecule has 19 heavy (non-hydrogen) atoms. The quantitative estimate of drug-likeness (QED) is 0.826. The number of amides is 1. The predicted molar refractivity (Wildman–Crippen MR) is 77.0 cm³/mol. The monoisotopic (exact) mass is 264 g/mol. The number of hydrogen-bond acceptors (Lipinski definition) is 3. The fourth-order valence-electron chi connectivity index (χ4n) is 1.86. The van der Waals surface area contributed by atoms with Gasteiger partial charge in [-0.25, -0.2) is 0 Å². The topological polar surface area (TPSA) is 64.4 Å². The number of hydrogen-bond donors (Lipinski definition) is 2. The zero-order valence-corrected chi connectivity index (χ0v) is 12.2. The lowest BCUT2D eigenvalue weighted by Crippen LogP contribution is -2.44. The van der Waals surface area contributed by atoms with Crippen molar-refractivity contribution in [3.63, 3.8) is 0 Å². The smallest absolute Gasteiger partial charge is 0.237 e. The summed E-state index contributed by atoms with van der Waals surface area (Å²) in [6.45, 7) is 6.49. The first kappa shape index (κ1) is 15.5. The molecule has 1 amide bonds. The number of rotatable bonds is 6. The van der Waals surface area contributed by atoms with E-state index in [1.165, 1.54) is 0 Å². The fraction of sp³-hybridized carbons (Fsp3) is 0.533. The Morgan fingerprint density at radius 3 is 2.68 bits per heavy atom. The first-order chi connectivity index (χ1) is 8.97. The number of carbonyl (C=O) groups excluding carboxylic acids is 1. The summed E-state index contributed by atoms with van der Waals surface area (Å²) < 4.78 is 5.21. The third-order valence-corrected chi connectivity index (χ3v) is 3.37. The Hall–Kier alpha value is -1.55. The van der Waals surface area contributed by atoms with Crippen LogP contribution in [0.25, 0.3) is 0 Å². The van der Waals surface area contributed by atoms with Crippen molar-refractivity contribution >= 4 is 5.91 Å². The normalized spacial score (nSPS) is 13.7. The molecule has 1 aromatic carbocycles. The van der Waals surface area contributed by atoms with E-state index in [0.29, 0.717) is 6.54 Å². The van der Waals surface area contributed by atoms with Gasteiger partial charge in [-0.1, -0.05) is 26.3 Å². The van der Waals surface area contributed by atoms with Crippen molar-refractivity contribution in [1.82, 2.24) is 5.32 Å². The molecule has 0 spiro atoms. The van der Waals surface area contributed by atoms with Crippen molar-refractivity contribution in [1.29, 1.82) is 0 Å². The molecule has 0 fully saturated rings. The van der Waals surface area contributed by atoms with Gasteiger partial charge in [0.05, 0.1) is 13.2 Å². The van der Waals surface area contributed by atoms with Crippen molar-refractivity contribution in [2.24, 2.45) is 11.7 Å². The van der Waals surface area contributed by atoms with Crippen LogP contribution in [0.1, 0.15) is 31.4 Å². The number of benzene rings is 1. The minimum atomic E-state index is -0.447. The van der Waals surface area contributed by atoms with E-state index in [1.54, 1.807) is 7.11 Å². The fourth-order valence-corrected chi connectivity index (χ4v) is 1.86. The van der Waals surface area contributed by atoms with Crippen LogP contribution in [-0.4, -0.2) is 19.1 Å². The second-order valence-electron chi connectivity index (χ2n) is 4.99. The summed E-state index contributed by atoms with van der Waals surface area (Å²) in [6.07, 6.45) is 0.896. The van der Waals surface area contributed by atoms with E-state index >= 15 is 0 Å². The Morgan fingerprint density at radius 2 is 2.11 bits per heavy atom. The molecule has 0 bridgehead atoms. The molecule has 0 saturated carbocycles. The van der Waals surface area contributed by atoms with Gasteiger partial charge in [0.1, 0.15) is 5.75 Å². The van der Waals surface area contributed by atoms with Gasteiger partial charge in [-0.15, -0.1) is 0 Å². The Labute approximate surface area is 115 Å². The lowest BCUT2D eigenvalue weighted by molar-refractivity contribution is -0.123. The van der Waals surface area contributed by atoms with Crippen LogP contribution in [0.15, 0.2) is 18.2 Å². The Bertz CT molecular complexity index is 432. The van der Waals surface area contributed by atoms with E-state index in [9.17, 15) is 4.79 Å². The molecule has 0 aliphatic rings. The van der Waals surface area contributed by atoms with Crippen molar-refractivity contribution in [2.45, 2.75) is 39.8 Å². The van der Waals surface area contributed by atoms with Crippen LogP contribution in [0.2, 0.25) is 0 Å². The second kappa shape index (κ2) is 7.14. The van der Waals surface area contributed by atoms with E-state index in [4.69, 9.17) is 10.5 Å². The van der Waals surface area contributed by atoms with Gasteiger partial charge in [0.15, 0.2) is 0 Å². The molecule has 0 aromatic heterocycles. The number of ether oxygens (including phenoxy) is 1. The number of aryl methyl sites for hydroxylation is 1. The van der Waals surface area contributed by atoms with Gasteiger partial charge in [0.2, 0.25) is 5.91 Å². The lowest BCUT2D eigenvalue weighted by atomic mass is 9.99. The number of nitrogens with two attached hydrogens (primary N) is 1. The summed E-state index contributed by atoms with van der Waals surface area (Å²) >= 11 is 0. The first-order valence-corrected chi connectivity index (χ1v) is 6.65. The van der Waals surface area contributed by atoms with Gasteiger partial charge < -0.3 is 15.8 Å². The Morgan fingerprint density at radius 1 is 1.42 bits per heavy atom. The van der Waals surface area contributed by atoms with Crippen LogP contribution >= 0.6 is 0 Å². The maximum atomic E-state index is 11.9. The van der Waals surface area contributed by atoms with Crippen LogP contribution in [0.3, 0.4) is 0 Å². The largest absolute Gasteiger partial charge is 0.497 e. The van der Waals surface area contributed by atoms with Gasteiger partial charge in [0, 0.05) is 6.54 Å². The molecule has 2 unspecified atom stereocenters. The first-order valence-electron chi connectivity index (χ1n) is 6.65. The molecular weight excluding hydrogens is 240 g/mol. The molecule has 4 heteroatoms. The molecule has 2 atom stereocenters. The molecule has 1 rings (SSSR count). The molecule has 0 aliphatic heterocycles. The van der Waals surface area contributed by atoms with E-state index in [1.807, 2.05) is 39.0 Å². The van der Waals surface area contributed by atoms with Crippen LogP contribution in [0.5, 0.6) is 5.75 Å². The summed E-state index contributed by atoms with van der Waals surface area (Å²) in [4.78, 5) is 11.9. The van der Waals surface area contributed by atoms with E-state index < -0.39 is 6.04 Å². The summed E-state index contributed by atoms with van der Waals surface area (Å²) in [5.74, 6) is 0.886. The SMILES string of the molecule is CCC(C)C(N)C(=O)NCc1cc(C)cc(OC)c1. The average molecular weight is 264 g/mol. The maximum absolute atomic E-state index is 11.9. The number of carbonyl (C=O) groups is 1. The maximum Gasteiger partial charge on any atom is 0.237 e. The molecule has 4 nitrogen and oxygen atoms in total. The molecule has 1 aromatic rings. The summed E-state index contributed by atoms with van der Waals surface area (Å²) in [5.41, 5.74) is 8.01. The zero-order chi connectivity index (χ0) is 14.4. The van der Waals surface area contributed by atoms with Crippen molar-refractivity contribution < 1.29 is 9.53 Å². The van der Waals surface area contributed by atoms with Gasteiger partial charge in [-0.2, -0.15) is 0 Å². The third-order valence-electron chi connectivity index (χ3n) is 3.37. The highest BCUT2D eigenvalue weighted by atomic mass is 16.5. The minimum absolute atomic E-state index is 0.102. The van der Waals surface area contributed by atoms with Crippen molar-refractivity contribution in [3.05, 3.63) is 29.3 Å². The third kappa shape index (κ3) is 4.56. The van der Waals surface area contributed by atoms with Crippen LogP contribution < -0.4 is 15.8 Å². The van der Waals surface area contributed by atoms with Gasteiger partial charge >= 0.3 is 0 Å². The number of methoxy groups -OCH3 is 1. The van der Waals surface area contributed by atoms with Crippen molar-refractivity contribution in [3.8, 4) is 5.75 Å². The van der Waals surface area contributed by atoms with Crippen LogP contribution in [0.4, 0.5) is 0 Å². The summed E-state index contributed by atoms with van der Waals surface area (Å²) in [7, 11) is 1.63. The Balaban J connectivity index is 2.61. The predicted octanol–water partition coefficient (Wildman–Crippen LogP) is 1.99. The highest BCUT2D eigenvalue weighted by Crippen LogP contribution is 2.16. The lowest BCUT2D eigenvalue weighted by Gasteiger charge is -2.18. The average Bonchev–Trinajstić information content (AvgIpc) is 2.42.